The van der Waals surface area contributed by atoms with Crippen molar-refractivity contribution in [3.05, 3.63) is 22.5 Å². The fourth-order valence-corrected chi connectivity index (χ4v) is 1.69. The molecule has 1 unspecified atom stereocenters. The number of aliphatic hydroxyl groups is 1. The summed E-state index contributed by atoms with van der Waals surface area (Å²) in [7, 11) is 0. The number of nitro groups is 1. The largest absolute Gasteiger partial charge is 0.396 e. The Kier molecular flexibility index (Phi) is 5.20. The van der Waals surface area contributed by atoms with Crippen molar-refractivity contribution >= 4 is 11.6 Å². The predicted molar refractivity (Wildman–Crippen MR) is 72.1 cm³/mol. The lowest BCUT2D eigenvalue weighted by molar-refractivity contribution is -0.385. The number of hydrogen-bond donors (Lipinski definition) is 2. The fourth-order valence-electron chi connectivity index (χ4n) is 1.69. The molecule has 8 heteroatoms. The van der Waals surface area contributed by atoms with Gasteiger partial charge in [-0.15, -0.1) is 0 Å². The van der Waals surface area contributed by atoms with Crippen LogP contribution in [-0.2, 0) is 10.3 Å². The average Bonchev–Trinajstić information content (AvgIpc) is 2.86. The predicted octanol–water partition coefficient (Wildman–Crippen LogP) is 0.804. The van der Waals surface area contributed by atoms with Crippen molar-refractivity contribution in [2.24, 2.45) is 0 Å². The van der Waals surface area contributed by atoms with Gasteiger partial charge in [0.2, 0.25) is 5.91 Å². The van der Waals surface area contributed by atoms with Gasteiger partial charge >= 0.3 is 5.69 Å². The average molecular weight is 284 g/mol. The van der Waals surface area contributed by atoms with Crippen LogP contribution in [0.2, 0.25) is 0 Å². The summed E-state index contributed by atoms with van der Waals surface area (Å²) >= 11 is 0. The molecule has 0 bridgehead atoms. The molecule has 20 heavy (non-hydrogen) atoms. The van der Waals surface area contributed by atoms with Crippen LogP contribution < -0.4 is 5.32 Å². The summed E-state index contributed by atoms with van der Waals surface area (Å²) in [5, 5.41) is 26.1. The smallest absolute Gasteiger partial charge is 0.307 e. The summed E-state index contributed by atoms with van der Waals surface area (Å²) < 4.78 is 1.28. The molecule has 0 saturated heterocycles. The maximum Gasteiger partial charge on any atom is 0.307 e. The van der Waals surface area contributed by atoms with Gasteiger partial charge < -0.3 is 10.4 Å². The molecule has 0 aliphatic rings. The minimum absolute atomic E-state index is 0.0783. The van der Waals surface area contributed by atoms with Crippen LogP contribution in [0.3, 0.4) is 0 Å². The van der Waals surface area contributed by atoms with Gasteiger partial charge in [0.25, 0.3) is 0 Å². The number of aromatic nitrogens is 2. The van der Waals surface area contributed by atoms with E-state index in [0.29, 0.717) is 12.8 Å². The first-order valence-corrected chi connectivity index (χ1v) is 6.40. The van der Waals surface area contributed by atoms with Gasteiger partial charge in [-0.3, -0.25) is 19.6 Å². The molecular formula is C12H20N4O4. The summed E-state index contributed by atoms with van der Waals surface area (Å²) in [5.41, 5.74) is -1.18. The number of aliphatic hydroxyl groups excluding tert-OH is 1. The van der Waals surface area contributed by atoms with Crippen molar-refractivity contribution in [2.75, 3.05) is 6.61 Å². The molecule has 8 nitrogen and oxygen atoms in total. The van der Waals surface area contributed by atoms with E-state index in [-0.39, 0.29) is 24.2 Å². The molecule has 112 valence electrons. The Bertz CT molecular complexity index is 484. The summed E-state index contributed by atoms with van der Waals surface area (Å²) in [6.45, 7) is 5.19. The summed E-state index contributed by atoms with van der Waals surface area (Å²) in [5.74, 6) is -0.277. The molecule has 1 amide bonds. The molecule has 0 aromatic carbocycles. The first-order valence-electron chi connectivity index (χ1n) is 6.40. The summed E-state index contributed by atoms with van der Waals surface area (Å²) in [4.78, 5) is 22.3. The quantitative estimate of drug-likeness (QED) is 0.568. The second-order valence-corrected chi connectivity index (χ2v) is 5.20. The number of carbonyl (C=O) groups is 1. The third-order valence-electron chi connectivity index (χ3n) is 3.08. The van der Waals surface area contributed by atoms with Crippen molar-refractivity contribution in [3.63, 3.8) is 0 Å². The van der Waals surface area contributed by atoms with Crippen molar-refractivity contribution in [1.82, 2.24) is 15.1 Å². The van der Waals surface area contributed by atoms with E-state index in [1.54, 1.807) is 13.8 Å². The van der Waals surface area contributed by atoms with E-state index in [0.717, 1.165) is 6.20 Å². The number of nitrogens with zero attached hydrogens (tertiary/aromatic N) is 3. The number of amides is 1. The molecule has 1 aromatic heterocycles. The fraction of sp³-hybridized carbons (Fsp3) is 0.667. The van der Waals surface area contributed by atoms with Crippen LogP contribution in [-0.4, -0.2) is 38.4 Å². The Morgan fingerprint density at radius 3 is 2.80 bits per heavy atom. The van der Waals surface area contributed by atoms with Crippen LogP contribution in [0.1, 0.15) is 33.6 Å². The topological polar surface area (TPSA) is 110 Å². The van der Waals surface area contributed by atoms with Crippen molar-refractivity contribution in [1.29, 1.82) is 0 Å². The van der Waals surface area contributed by atoms with Crippen molar-refractivity contribution < 1.29 is 14.8 Å². The van der Waals surface area contributed by atoms with E-state index in [1.165, 1.54) is 10.9 Å². The van der Waals surface area contributed by atoms with Gasteiger partial charge in [0.1, 0.15) is 17.9 Å². The highest BCUT2D eigenvalue weighted by molar-refractivity contribution is 5.83. The molecule has 0 saturated carbocycles. The van der Waals surface area contributed by atoms with Crippen LogP contribution >= 0.6 is 0 Å². The maximum atomic E-state index is 12.2. The van der Waals surface area contributed by atoms with E-state index < -0.39 is 10.5 Å². The van der Waals surface area contributed by atoms with Gasteiger partial charge in [0.15, 0.2) is 0 Å². The standard InChI is InChI=1S/C12H20N4O4/c1-9(5-4-6-17)14-11(18)12(2,3)15-8-10(7-13-15)16(19)20/h7-9,17H,4-6H2,1-3H3,(H,14,18). The third kappa shape index (κ3) is 3.77. The monoisotopic (exact) mass is 284 g/mol. The lowest BCUT2D eigenvalue weighted by atomic mass is 10.0. The number of hydrogen-bond acceptors (Lipinski definition) is 5. The highest BCUT2D eigenvalue weighted by Gasteiger charge is 2.32. The van der Waals surface area contributed by atoms with Crippen molar-refractivity contribution in [2.45, 2.75) is 45.2 Å². The molecular weight excluding hydrogens is 264 g/mol. The second kappa shape index (κ2) is 6.47. The van der Waals surface area contributed by atoms with Gasteiger partial charge in [-0.05, 0) is 33.6 Å². The first-order chi connectivity index (χ1) is 9.28. The molecule has 0 fully saturated rings. The van der Waals surface area contributed by atoms with E-state index in [9.17, 15) is 14.9 Å². The highest BCUT2D eigenvalue weighted by Crippen LogP contribution is 2.19. The van der Waals surface area contributed by atoms with Crippen LogP contribution in [0.25, 0.3) is 0 Å². The number of carbonyl (C=O) groups excluding carboxylic acids is 1. The molecule has 1 rings (SSSR count). The lowest BCUT2D eigenvalue weighted by Gasteiger charge is -2.26. The van der Waals surface area contributed by atoms with E-state index in [2.05, 4.69) is 10.4 Å². The minimum atomic E-state index is -1.03. The lowest BCUT2D eigenvalue weighted by Crippen LogP contribution is -2.47. The van der Waals surface area contributed by atoms with Crippen LogP contribution in [0, 0.1) is 10.1 Å². The van der Waals surface area contributed by atoms with Crippen LogP contribution in [0.5, 0.6) is 0 Å². The number of rotatable bonds is 7. The zero-order valence-corrected chi connectivity index (χ0v) is 11.9. The van der Waals surface area contributed by atoms with Gasteiger partial charge in [0, 0.05) is 12.6 Å². The SMILES string of the molecule is CC(CCCO)NC(=O)C(C)(C)n1cc([N+](=O)[O-])cn1. The van der Waals surface area contributed by atoms with Crippen LogP contribution in [0.15, 0.2) is 12.4 Å². The number of nitrogens with one attached hydrogen (secondary N) is 1. The molecule has 2 N–H and O–H groups in total. The summed E-state index contributed by atoms with van der Waals surface area (Å²) in [6.07, 6.45) is 3.62. The molecule has 0 radical (unpaired) electrons. The zero-order valence-electron chi connectivity index (χ0n) is 11.9. The van der Waals surface area contributed by atoms with E-state index in [1.807, 2.05) is 6.92 Å². The zero-order chi connectivity index (χ0) is 15.3. The van der Waals surface area contributed by atoms with Gasteiger partial charge in [-0.1, -0.05) is 0 Å². The Labute approximate surface area is 116 Å². The Hall–Kier alpha value is -1.96. The normalized spacial score (nSPS) is 13.0. The molecule has 0 spiro atoms. The first kappa shape index (κ1) is 16.1. The van der Waals surface area contributed by atoms with Crippen LogP contribution in [0.4, 0.5) is 5.69 Å². The van der Waals surface area contributed by atoms with E-state index in [4.69, 9.17) is 5.11 Å². The maximum absolute atomic E-state index is 12.2. The minimum Gasteiger partial charge on any atom is -0.396 e. The van der Waals surface area contributed by atoms with Gasteiger partial charge in [-0.2, -0.15) is 5.10 Å². The van der Waals surface area contributed by atoms with Gasteiger partial charge in [-0.25, -0.2) is 0 Å². The third-order valence-corrected chi connectivity index (χ3v) is 3.08. The Morgan fingerprint density at radius 1 is 1.65 bits per heavy atom. The second-order valence-electron chi connectivity index (χ2n) is 5.20. The Balaban J connectivity index is 2.75. The van der Waals surface area contributed by atoms with E-state index >= 15 is 0 Å². The molecule has 1 atom stereocenters. The Morgan fingerprint density at radius 2 is 2.30 bits per heavy atom. The van der Waals surface area contributed by atoms with Gasteiger partial charge in [0.05, 0.1) is 4.92 Å². The molecule has 1 heterocycles. The van der Waals surface area contributed by atoms with Crippen molar-refractivity contribution in [3.8, 4) is 0 Å². The molecule has 1 aromatic rings. The molecule has 0 aliphatic heterocycles. The highest BCUT2D eigenvalue weighted by atomic mass is 16.6. The molecule has 0 aliphatic carbocycles. The summed E-state index contributed by atoms with van der Waals surface area (Å²) in [6, 6.07) is -0.0838.